The molecule has 0 aliphatic rings. The smallest absolute Gasteiger partial charge is 0.253 e. The van der Waals surface area contributed by atoms with Gasteiger partial charge in [-0.15, -0.1) is 0 Å². The molecule has 0 amide bonds. The first-order chi connectivity index (χ1) is 7.72. The zero-order chi connectivity index (χ0) is 13.2. The van der Waals surface area contributed by atoms with Crippen LogP contribution in [0.15, 0.2) is 0 Å². The summed E-state index contributed by atoms with van der Waals surface area (Å²) in [6, 6.07) is 0. The van der Waals surface area contributed by atoms with E-state index in [0.717, 1.165) is 6.26 Å². The van der Waals surface area contributed by atoms with E-state index in [9.17, 15) is 26.0 Å². The Morgan fingerprint density at radius 1 is 1.12 bits per heavy atom. The number of nitrogens with zero attached hydrogens (tertiary/aromatic N) is 1. The molecule has 1 aromatic heterocycles. The fraction of sp³-hybridized carbons (Fsp3) is 0.375. The molecule has 9 heteroatoms. The van der Waals surface area contributed by atoms with E-state index < -0.39 is 44.8 Å². The molecule has 0 spiro atoms. The Hall–Kier alpha value is -1.38. The molecule has 17 heavy (non-hydrogen) atoms. The fourth-order valence-corrected chi connectivity index (χ4v) is 1.48. The van der Waals surface area contributed by atoms with Gasteiger partial charge in [0.15, 0.2) is 0 Å². The molecule has 0 aromatic carbocycles. The summed E-state index contributed by atoms with van der Waals surface area (Å²) in [4.78, 5) is 2.35. The van der Waals surface area contributed by atoms with Crippen LogP contribution in [0, 0.1) is 23.5 Å². The van der Waals surface area contributed by atoms with Gasteiger partial charge in [0.1, 0.15) is 15.5 Å². The molecule has 1 rings (SSSR count). The highest BCUT2D eigenvalue weighted by Crippen LogP contribution is 2.21. The van der Waals surface area contributed by atoms with E-state index in [2.05, 4.69) is 4.98 Å². The number of anilines is 1. The van der Waals surface area contributed by atoms with Crippen molar-refractivity contribution in [2.75, 3.05) is 23.9 Å². The monoisotopic (exact) mass is 272 g/mol. The zero-order valence-corrected chi connectivity index (χ0v) is 9.41. The summed E-state index contributed by atoms with van der Waals surface area (Å²) >= 11 is 0. The molecule has 0 bridgehead atoms. The van der Waals surface area contributed by atoms with Crippen molar-refractivity contribution < 1.29 is 26.0 Å². The number of nitrogens with one attached hydrogen (secondary N) is 1. The van der Waals surface area contributed by atoms with E-state index in [1.165, 1.54) is 0 Å². The van der Waals surface area contributed by atoms with Crippen molar-refractivity contribution in [3.63, 3.8) is 0 Å². The van der Waals surface area contributed by atoms with Gasteiger partial charge in [0.25, 0.3) is 11.9 Å². The van der Waals surface area contributed by atoms with Crippen molar-refractivity contribution in [1.29, 1.82) is 0 Å². The van der Waals surface area contributed by atoms with Gasteiger partial charge in [-0.1, -0.05) is 0 Å². The Kier molecular flexibility index (Phi) is 3.91. The molecule has 4 nitrogen and oxygen atoms in total. The molecule has 1 aromatic rings. The average Bonchev–Trinajstić information content (AvgIpc) is 2.19. The summed E-state index contributed by atoms with van der Waals surface area (Å²) in [5.41, 5.74) is -1.07. The highest BCUT2D eigenvalue weighted by Gasteiger charge is 2.20. The van der Waals surface area contributed by atoms with Gasteiger partial charge in [0, 0.05) is 12.8 Å². The van der Waals surface area contributed by atoms with Crippen LogP contribution in [0.3, 0.4) is 0 Å². The summed E-state index contributed by atoms with van der Waals surface area (Å²) in [7, 11) is -3.35. The number of halogens is 4. The van der Waals surface area contributed by atoms with Crippen LogP contribution in [0.5, 0.6) is 0 Å². The van der Waals surface area contributed by atoms with Crippen LogP contribution >= 0.6 is 0 Å². The Morgan fingerprint density at radius 2 is 1.59 bits per heavy atom. The molecule has 0 saturated carbocycles. The lowest BCUT2D eigenvalue weighted by Gasteiger charge is -2.08. The van der Waals surface area contributed by atoms with E-state index in [-0.39, 0.29) is 6.54 Å². The highest BCUT2D eigenvalue weighted by atomic mass is 32.2. The quantitative estimate of drug-likeness (QED) is 0.658. The van der Waals surface area contributed by atoms with Crippen LogP contribution in [0.25, 0.3) is 0 Å². The van der Waals surface area contributed by atoms with Crippen LogP contribution in [-0.2, 0) is 9.84 Å². The molecule has 0 atom stereocenters. The minimum Gasteiger partial charge on any atom is -0.379 e. The SMILES string of the molecule is CS(=O)(=O)CCNc1c(F)c(F)nc(F)c1F. The maximum absolute atomic E-state index is 13.0. The van der Waals surface area contributed by atoms with Gasteiger partial charge in [-0.25, -0.2) is 8.42 Å². The third-order valence-corrected chi connectivity index (χ3v) is 2.72. The predicted octanol–water partition coefficient (Wildman–Crippen LogP) is 1.09. The maximum Gasteiger partial charge on any atom is 0.253 e. The molecular weight excluding hydrogens is 264 g/mol. The molecule has 1 heterocycles. The molecular formula is C8H8F4N2O2S. The van der Waals surface area contributed by atoms with E-state index in [0.29, 0.717) is 0 Å². The van der Waals surface area contributed by atoms with Crippen molar-refractivity contribution >= 4 is 15.5 Å². The van der Waals surface area contributed by atoms with Crippen LogP contribution in [-0.4, -0.2) is 32.0 Å². The highest BCUT2D eigenvalue weighted by molar-refractivity contribution is 7.90. The molecule has 0 saturated heterocycles. The van der Waals surface area contributed by atoms with Crippen molar-refractivity contribution in [2.45, 2.75) is 0 Å². The number of rotatable bonds is 4. The number of hydrogen-bond acceptors (Lipinski definition) is 4. The van der Waals surface area contributed by atoms with Crippen LogP contribution in [0.2, 0.25) is 0 Å². The third kappa shape index (κ3) is 3.55. The number of hydrogen-bond donors (Lipinski definition) is 1. The zero-order valence-electron chi connectivity index (χ0n) is 8.60. The lowest BCUT2D eigenvalue weighted by Crippen LogP contribution is -2.17. The maximum atomic E-state index is 13.0. The van der Waals surface area contributed by atoms with E-state index in [4.69, 9.17) is 0 Å². The van der Waals surface area contributed by atoms with Crippen LogP contribution in [0.1, 0.15) is 0 Å². The van der Waals surface area contributed by atoms with Crippen LogP contribution < -0.4 is 5.32 Å². The van der Waals surface area contributed by atoms with Crippen LogP contribution in [0.4, 0.5) is 23.2 Å². The standard InChI is InChI=1S/C8H8F4N2O2S/c1-17(15,16)3-2-13-6-4(9)7(11)14-8(12)5(6)10/h2-3H2,1H3,(H,13,14). The third-order valence-electron chi connectivity index (χ3n) is 1.77. The van der Waals surface area contributed by atoms with Gasteiger partial charge in [-0.3, -0.25) is 0 Å². The second-order valence-electron chi connectivity index (χ2n) is 3.25. The molecule has 0 radical (unpaired) electrons. The molecule has 0 unspecified atom stereocenters. The first-order valence-corrected chi connectivity index (χ1v) is 6.40. The second-order valence-corrected chi connectivity index (χ2v) is 5.51. The molecule has 0 fully saturated rings. The first-order valence-electron chi connectivity index (χ1n) is 4.34. The van der Waals surface area contributed by atoms with E-state index >= 15 is 0 Å². The summed E-state index contributed by atoms with van der Waals surface area (Å²) in [6.45, 7) is -0.379. The molecule has 0 aliphatic carbocycles. The molecule has 0 aliphatic heterocycles. The lowest BCUT2D eigenvalue weighted by atomic mass is 10.3. The van der Waals surface area contributed by atoms with Gasteiger partial charge >= 0.3 is 0 Å². The predicted molar refractivity (Wildman–Crippen MR) is 52.3 cm³/mol. The number of sulfone groups is 1. The Labute approximate surface area is 94.6 Å². The van der Waals surface area contributed by atoms with Gasteiger partial charge in [-0.05, 0) is 0 Å². The van der Waals surface area contributed by atoms with E-state index in [1.54, 1.807) is 0 Å². The van der Waals surface area contributed by atoms with E-state index in [1.807, 2.05) is 5.32 Å². The van der Waals surface area contributed by atoms with Gasteiger partial charge in [0.05, 0.1) is 5.75 Å². The Balaban J connectivity index is 2.91. The minimum absolute atomic E-state index is 0.379. The van der Waals surface area contributed by atoms with Gasteiger partial charge in [-0.2, -0.15) is 22.5 Å². The topological polar surface area (TPSA) is 59.1 Å². The number of aromatic nitrogens is 1. The van der Waals surface area contributed by atoms with Crippen molar-refractivity contribution in [2.24, 2.45) is 0 Å². The van der Waals surface area contributed by atoms with Crippen molar-refractivity contribution in [3.8, 4) is 0 Å². The van der Waals surface area contributed by atoms with Crippen molar-refractivity contribution in [3.05, 3.63) is 23.5 Å². The average molecular weight is 272 g/mol. The summed E-state index contributed by atoms with van der Waals surface area (Å²) in [5, 5.41) is 1.97. The molecule has 96 valence electrons. The number of pyridine rings is 1. The Morgan fingerprint density at radius 3 is 2.00 bits per heavy atom. The summed E-state index contributed by atoms with van der Waals surface area (Å²) < 4.78 is 72.7. The fourth-order valence-electron chi connectivity index (χ4n) is 1.00. The first kappa shape index (κ1) is 13.7. The Bertz CT molecular complexity index is 507. The largest absolute Gasteiger partial charge is 0.379 e. The summed E-state index contributed by atoms with van der Waals surface area (Å²) in [5.74, 6) is -7.43. The lowest BCUT2D eigenvalue weighted by molar-refractivity contribution is 0.411. The summed E-state index contributed by atoms with van der Waals surface area (Å²) in [6.07, 6.45) is 0.912. The van der Waals surface area contributed by atoms with Crippen molar-refractivity contribution in [1.82, 2.24) is 4.98 Å². The van der Waals surface area contributed by atoms with Gasteiger partial charge in [0.2, 0.25) is 11.6 Å². The molecule has 1 N–H and O–H groups in total. The second kappa shape index (κ2) is 4.86. The van der Waals surface area contributed by atoms with Gasteiger partial charge < -0.3 is 5.32 Å². The normalized spacial score (nSPS) is 11.6. The minimum atomic E-state index is -3.35.